The number of rotatable bonds is 4. The quantitative estimate of drug-likeness (QED) is 0.776. The van der Waals surface area contributed by atoms with Crippen molar-refractivity contribution in [3.05, 3.63) is 29.8 Å². The summed E-state index contributed by atoms with van der Waals surface area (Å²) in [5.41, 5.74) is 0.409. The fourth-order valence-electron chi connectivity index (χ4n) is 1.12. The Morgan fingerprint density at radius 1 is 1.46 bits per heavy atom. The lowest BCUT2D eigenvalue weighted by Gasteiger charge is -2.11. The van der Waals surface area contributed by atoms with E-state index in [2.05, 4.69) is 0 Å². The minimum absolute atomic E-state index is 0.409. The summed E-state index contributed by atoms with van der Waals surface area (Å²) >= 11 is 0. The van der Waals surface area contributed by atoms with Crippen LogP contribution in [-0.2, 0) is 0 Å². The summed E-state index contributed by atoms with van der Waals surface area (Å²) < 4.78 is 18.3. The SMILES string of the molecule is CCOc1ccccc1C(F)CO. The molecule has 0 aromatic heterocycles. The van der Waals surface area contributed by atoms with Crippen molar-refractivity contribution >= 4 is 0 Å². The summed E-state index contributed by atoms with van der Waals surface area (Å²) in [6.45, 7) is 1.82. The Bertz CT molecular complexity index is 263. The average molecular weight is 184 g/mol. The summed E-state index contributed by atoms with van der Waals surface area (Å²) in [5.74, 6) is 0.506. The third-order valence-corrected chi connectivity index (χ3v) is 1.72. The molecule has 1 aromatic carbocycles. The molecule has 1 aromatic rings. The lowest BCUT2D eigenvalue weighted by atomic mass is 10.1. The molecule has 13 heavy (non-hydrogen) atoms. The maximum absolute atomic E-state index is 13.1. The van der Waals surface area contributed by atoms with Gasteiger partial charge in [-0.15, -0.1) is 0 Å². The average Bonchev–Trinajstić information content (AvgIpc) is 2.18. The van der Waals surface area contributed by atoms with Gasteiger partial charge in [0, 0.05) is 5.56 Å². The fourth-order valence-corrected chi connectivity index (χ4v) is 1.12. The predicted octanol–water partition coefficient (Wildman–Crippen LogP) is 2.09. The molecule has 1 atom stereocenters. The van der Waals surface area contributed by atoms with Crippen LogP contribution in [-0.4, -0.2) is 18.3 Å². The number of para-hydroxylation sites is 1. The maximum Gasteiger partial charge on any atom is 0.152 e. The Morgan fingerprint density at radius 2 is 2.15 bits per heavy atom. The van der Waals surface area contributed by atoms with Crippen LogP contribution < -0.4 is 4.74 Å². The molecule has 2 nitrogen and oxygen atoms in total. The second kappa shape index (κ2) is 4.82. The van der Waals surface area contributed by atoms with Crippen LogP contribution in [0.4, 0.5) is 4.39 Å². The van der Waals surface area contributed by atoms with Crippen LogP contribution in [0.2, 0.25) is 0 Å². The summed E-state index contributed by atoms with van der Waals surface area (Å²) in [6, 6.07) is 6.81. The summed E-state index contributed by atoms with van der Waals surface area (Å²) in [7, 11) is 0. The largest absolute Gasteiger partial charge is 0.493 e. The molecule has 0 aliphatic rings. The molecule has 3 heteroatoms. The first-order valence-electron chi connectivity index (χ1n) is 4.26. The summed E-state index contributed by atoms with van der Waals surface area (Å²) in [6.07, 6.45) is -1.36. The number of halogens is 1. The molecule has 0 saturated carbocycles. The molecule has 72 valence electrons. The van der Waals surface area contributed by atoms with Crippen molar-refractivity contribution in [1.82, 2.24) is 0 Å². The van der Waals surface area contributed by atoms with Crippen molar-refractivity contribution < 1.29 is 14.2 Å². The number of hydrogen-bond acceptors (Lipinski definition) is 2. The highest BCUT2D eigenvalue weighted by Crippen LogP contribution is 2.26. The van der Waals surface area contributed by atoms with Crippen molar-refractivity contribution in [1.29, 1.82) is 0 Å². The minimum atomic E-state index is -1.36. The van der Waals surface area contributed by atoms with E-state index in [4.69, 9.17) is 9.84 Å². The van der Waals surface area contributed by atoms with Gasteiger partial charge in [0.15, 0.2) is 6.17 Å². The Kier molecular flexibility index (Phi) is 3.71. The Hall–Kier alpha value is -1.09. The van der Waals surface area contributed by atoms with Gasteiger partial charge in [-0.25, -0.2) is 4.39 Å². The molecule has 0 amide bonds. The van der Waals surface area contributed by atoms with E-state index in [-0.39, 0.29) is 0 Å². The number of aliphatic hydroxyl groups excluding tert-OH is 1. The van der Waals surface area contributed by atoms with Gasteiger partial charge >= 0.3 is 0 Å². The predicted molar refractivity (Wildman–Crippen MR) is 48.5 cm³/mol. The Morgan fingerprint density at radius 3 is 2.77 bits per heavy atom. The van der Waals surface area contributed by atoms with Gasteiger partial charge in [-0.3, -0.25) is 0 Å². The Balaban J connectivity index is 2.90. The van der Waals surface area contributed by atoms with Gasteiger partial charge in [-0.05, 0) is 13.0 Å². The van der Waals surface area contributed by atoms with Gasteiger partial charge in [0.25, 0.3) is 0 Å². The second-order valence-corrected chi connectivity index (χ2v) is 2.62. The molecule has 0 heterocycles. The molecule has 0 aliphatic heterocycles. The van der Waals surface area contributed by atoms with E-state index in [9.17, 15) is 4.39 Å². The number of benzene rings is 1. The molecule has 1 N–H and O–H groups in total. The first-order valence-corrected chi connectivity index (χ1v) is 4.26. The maximum atomic E-state index is 13.1. The van der Waals surface area contributed by atoms with Crippen LogP contribution in [0, 0.1) is 0 Å². The van der Waals surface area contributed by atoms with Crippen LogP contribution >= 0.6 is 0 Å². The van der Waals surface area contributed by atoms with E-state index in [0.717, 1.165) is 0 Å². The number of ether oxygens (including phenoxy) is 1. The molecule has 0 saturated heterocycles. The fraction of sp³-hybridized carbons (Fsp3) is 0.400. The van der Waals surface area contributed by atoms with Crippen molar-refractivity contribution in [2.45, 2.75) is 13.1 Å². The van der Waals surface area contributed by atoms with E-state index in [1.807, 2.05) is 6.92 Å². The van der Waals surface area contributed by atoms with E-state index in [1.165, 1.54) is 0 Å². The van der Waals surface area contributed by atoms with Crippen LogP contribution in [0.15, 0.2) is 24.3 Å². The third kappa shape index (κ3) is 2.42. The number of hydrogen-bond donors (Lipinski definition) is 1. The zero-order chi connectivity index (χ0) is 9.68. The van der Waals surface area contributed by atoms with Gasteiger partial charge < -0.3 is 9.84 Å². The van der Waals surface area contributed by atoms with Gasteiger partial charge in [0.05, 0.1) is 13.2 Å². The van der Waals surface area contributed by atoms with Crippen molar-refractivity contribution in [2.24, 2.45) is 0 Å². The summed E-state index contributed by atoms with van der Waals surface area (Å²) in [4.78, 5) is 0. The van der Waals surface area contributed by atoms with Crippen LogP contribution in [0.1, 0.15) is 18.7 Å². The van der Waals surface area contributed by atoms with Gasteiger partial charge in [0.1, 0.15) is 5.75 Å². The van der Waals surface area contributed by atoms with Crippen LogP contribution in [0.3, 0.4) is 0 Å². The monoisotopic (exact) mass is 184 g/mol. The van der Waals surface area contributed by atoms with E-state index in [0.29, 0.717) is 17.9 Å². The summed E-state index contributed by atoms with van der Waals surface area (Å²) in [5, 5.41) is 8.65. The third-order valence-electron chi connectivity index (χ3n) is 1.72. The molecule has 0 radical (unpaired) electrons. The highest BCUT2D eigenvalue weighted by Gasteiger charge is 2.12. The normalized spacial score (nSPS) is 12.5. The molecule has 0 fully saturated rings. The highest BCUT2D eigenvalue weighted by molar-refractivity contribution is 5.35. The van der Waals surface area contributed by atoms with Crippen molar-refractivity contribution in [3.8, 4) is 5.75 Å². The van der Waals surface area contributed by atoms with Crippen LogP contribution in [0.5, 0.6) is 5.75 Å². The molecular formula is C10H13FO2. The van der Waals surface area contributed by atoms with Crippen molar-refractivity contribution in [2.75, 3.05) is 13.2 Å². The van der Waals surface area contributed by atoms with Gasteiger partial charge in [-0.1, -0.05) is 18.2 Å². The minimum Gasteiger partial charge on any atom is -0.493 e. The number of aliphatic hydroxyl groups is 1. The number of alkyl halides is 1. The van der Waals surface area contributed by atoms with E-state index in [1.54, 1.807) is 24.3 Å². The molecule has 1 unspecified atom stereocenters. The molecule has 0 aliphatic carbocycles. The molecule has 1 rings (SSSR count). The standard InChI is InChI=1S/C10H13FO2/c1-2-13-10-6-4-3-5-8(10)9(11)7-12/h3-6,9,12H,2,7H2,1H3. The molecular weight excluding hydrogens is 171 g/mol. The van der Waals surface area contributed by atoms with Crippen LogP contribution in [0.25, 0.3) is 0 Å². The van der Waals surface area contributed by atoms with E-state index >= 15 is 0 Å². The first kappa shape index (κ1) is 9.99. The van der Waals surface area contributed by atoms with Gasteiger partial charge in [-0.2, -0.15) is 0 Å². The topological polar surface area (TPSA) is 29.5 Å². The van der Waals surface area contributed by atoms with E-state index < -0.39 is 12.8 Å². The first-order chi connectivity index (χ1) is 6.29. The molecule has 0 bridgehead atoms. The lowest BCUT2D eigenvalue weighted by Crippen LogP contribution is -2.02. The van der Waals surface area contributed by atoms with Crippen molar-refractivity contribution in [3.63, 3.8) is 0 Å². The lowest BCUT2D eigenvalue weighted by molar-refractivity contribution is 0.175. The Labute approximate surface area is 77.0 Å². The van der Waals surface area contributed by atoms with Gasteiger partial charge in [0.2, 0.25) is 0 Å². The zero-order valence-electron chi connectivity index (χ0n) is 7.53. The highest BCUT2D eigenvalue weighted by atomic mass is 19.1. The second-order valence-electron chi connectivity index (χ2n) is 2.62. The molecule has 0 spiro atoms. The smallest absolute Gasteiger partial charge is 0.152 e. The zero-order valence-corrected chi connectivity index (χ0v) is 7.53.